The van der Waals surface area contributed by atoms with Gasteiger partial charge in [0.15, 0.2) is 0 Å². The lowest BCUT2D eigenvalue weighted by atomic mass is 9.92. The molecule has 1 aromatic carbocycles. The summed E-state index contributed by atoms with van der Waals surface area (Å²) >= 11 is 4.58. The van der Waals surface area contributed by atoms with Gasteiger partial charge in [0.05, 0.1) is 34.6 Å². The van der Waals surface area contributed by atoms with E-state index < -0.39 is 5.92 Å². The summed E-state index contributed by atoms with van der Waals surface area (Å²) in [5.41, 5.74) is 3.07. The van der Waals surface area contributed by atoms with E-state index in [-0.39, 0.29) is 24.0 Å². The van der Waals surface area contributed by atoms with E-state index in [2.05, 4.69) is 32.6 Å². The Hall–Kier alpha value is -2.50. The number of nitrogens with zero attached hydrogens (tertiary/aromatic N) is 1. The summed E-state index contributed by atoms with van der Waals surface area (Å²) in [5, 5.41) is 15.6. The van der Waals surface area contributed by atoms with Crippen molar-refractivity contribution in [3.63, 3.8) is 0 Å². The maximum Gasteiger partial charge on any atom is 0.234 e. The molecule has 0 unspecified atom stereocenters. The van der Waals surface area contributed by atoms with Gasteiger partial charge in [-0.05, 0) is 49.2 Å². The first-order chi connectivity index (χ1) is 13.4. The van der Waals surface area contributed by atoms with E-state index in [0.717, 1.165) is 33.0 Å². The van der Waals surface area contributed by atoms with E-state index in [9.17, 15) is 14.9 Å². The van der Waals surface area contributed by atoms with Crippen LogP contribution >= 0.6 is 27.7 Å². The van der Waals surface area contributed by atoms with Crippen LogP contribution in [0.2, 0.25) is 0 Å². The van der Waals surface area contributed by atoms with Crippen LogP contribution in [-0.2, 0) is 9.59 Å². The molecule has 8 heteroatoms. The van der Waals surface area contributed by atoms with E-state index in [1.54, 1.807) is 12.1 Å². The Labute approximate surface area is 175 Å². The Bertz CT molecular complexity index is 970. The minimum atomic E-state index is -0.435. The van der Waals surface area contributed by atoms with Crippen molar-refractivity contribution in [2.45, 2.75) is 26.2 Å². The molecular weight excluding hydrogens is 442 g/mol. The monoisotopic (exact) mass is 459 g/mol. The molecule has 0 saturated heterocycles. The number of carbonyl (C=O) groups is 2. The Morgan fingerprint density at radius 3 is 2.75 bits per heavy atom. The van der Waals surface area contributed by atoms with Crippen molar-refractivity contribution in [3.8, 4) is 6.07 Å². The highest BCUT2D eigenvalue weighted by atomic mass is 79.9. The predicted octanol–water partition coefficient (Wildman–Crippen LogP) is 4.37. The number of thioether (sulfide) groups is 1. The van der Waals surface area contributed by atoms with Crippen molar-refractivity contribution < 1.29 is 14.0 Å². The Morgan fingerprint density at radius 2 is 2.14 bits per heavy atom. The molecule has 3 rings (SSSR count). The zero-order valence-corrected chi connectivity index (χ0v) is 17.7. The zero-order valence-electron chi connectivity index (χ0n) is 15.3. The highest BCUT2D eigenvalue weighted by molar-refractivity contribution is 9.10. The van der Waals surface area contributed by atoms with Crippen molar-refractivity contribution >= 4 is 45.2 Å². The van der Waals surface area contributed by atoms with E-state index >= 15 is 0 Å². The maximum atomic E-state index is 12.5. The lowest BCUT2D eigenvalue weighted by Crippen LogP contribution is -2.31. The van der Waals surface area contributed by atoms with Gasteiger partial charge >= 0.3 is 0 Å². The fourth-order valence-corrected chi connectivity index (χ4v) is 4.65. The van der Waals surface area contributed by atoms with Crippen LogP contribution in [0.5, 0.6) is 0 Å². The van der Waals surface area contributed by atoms with Crippen LogP contribution in [0.4, 0.5) is 5.69 Å². The van der Waals surface area contributed by atoms with Crippen LogP contribution in [0.15, 0.2) is 50.0 Å². The molecule has 0 spiro atoms. The van der Waals surface area contributed by atoms with Gasteiger partial charge in [-0.1, -0.05) is 27.7 Å². The first-order valence-corrected chi connectivity index (χ1v) is 10.3. The molecule has 1 atom stereocenters. The number of carbonyl (C=O) groups excluding carboxylic acids is 2. The quantitative estimate of drug-likeness (QED) is 0.691. The summed E-state index contributed by atoms with van der Waals surface area (Å²) in [5.74, 6) is -0.216. The van der Waals surface area contributed by atoms with Crippen LogP contribution < -0.4 is 10.6 Å². The van der Waals surface area contributed by atoms with Gasteiger partial charge in [-0.15, -0.1) is 0 Å². The number of nitriles is 1. The highest BCUT2D eigenvalue weighted by Crippen LogP contribution is 2.36. The summed E-state index contributed by atoms with van der Waals surface area (Å²) in [6.07, 6.45) is 1.66. The van der Waals surface area contributed by atoms with Gasteiger partial charge < -0.3 is 15.1 Å². The molecular formula is C20H18BrN3O3S. The molecule has 2 N–H and O–H groups in total. The zero-order chi connectivity index (χ0) is 20.3. The number of nitrogens with one attached hydrogen (secondary N) is 2. The Balaban J connectivity index is 1.74. The van der Waals surface area contributed by atoms with E-state index in [4.69, 9.17) is 4.42 Å². The molecule has 0 bridgehead atoms. The second-order valence-electron chi connectivity index (χ2n) is 6.43. The maximum absolute atomic E-state index is 12.5. The predicted molar refractivity (Wildman–Crippen MR) is 112 cm³/mol. The topological polar surface area (TPSA) is 95.1 Å². The lowest BCUT2D eigenvalue weighted by Gasteiger charge is -2.23. The van der Waals surface area contributed by atoms with E-state index in [1.807, 2.05) is 26.0 Å². The molecule has 2 aromatic rings. The van der Waals surface area contributed by atoms with Crippen LogP contribution in [0.3, 0.4) is 0 Å². The molecule has 6 nitrogen and oxygen atoms in total. The number of hydrogen-bond acceptors (Lipinski definition) is 5. The third-order valence-corrected chi connectivity index (χ3v) is 5.83. The fourth-order valence-electron chi connectivity index (χ4n) is 3.09. The molecule has 0 radical (unpaired) electrons. The summed E-state index contributed by atoms with van der Waals surface area (Å²) in [4.78, 5) is 24.5. The van der Waals surface area contributed by atoms with Crippen LogP contribution in [0.1, 0.15) is 29.2 Å². The molecule has 28 heavy (non-hydrogen) atoms. The number of anilines is 1. The number of furan rings is 1. The van der Waals surface area contributed by atoms with Gasteiger partial charge in [-0.25, -0.2) is 0 Å². The molecule has 144 valence electrons. The lowest BCUT2D eigenvalue weighted by molar-refractivity contribution is -0.121. The number of halogens is 1. The number of benzene rings is 1. The average Bonchev–Trinajstić information content (AvgIpc) is 3.17. The third-order valence-electron chi connectivity index (χ3n) is 4.35. The number of amides is 2. The number of rotatable bonds is 5. The number of hydrogen-bond donors (Lipinski definition) is 2. The van der Waals surface area contributed by atoms with Crippen LogP contribution in [-0.4, -0.2) is 17.6 Å². The summed E-state index contributed by atoms with van der Waals surface area (Å²) < 4.78 is 6.34. The van der Waals surface area contributed by atoms with Gasteiger partial charge in [0, 0.05) is 16.6 Å². The van der Waals surface area contributed by atoms with Crippen molar-refractivity contribution in [2.75, 3.05) is 11.1 Å². The molecule has 1 aliphatic rings. The van der Waals surface area contributed by atoms with Gasteiger partial charge in [-0.2, -0.15) is 5.26 Å². The molecule has 0 saturated carbocycles. The summed E-state index contributed by atoms with van der Waals surface area (Å²) in [7, 11) is 0. The van der Waals surface area contributed by atoms with Gasteiger partial charge in [0.25, 0.3) is 0 Å². The normalized spacial score (nSPS) is 16.5. The minimum Gasteiger partial charge on any atom is -0.469 e. The van der Waals surface area contributed by atoms with Gasteiger partial charge in [0.2, 0.25) is 11.8 Å². The largest absolute Gasteiger partial charge is 0.469 e. The van der Waals surface area contributed by atoms with Crippen LogP contribution in [0, 0.1) is 25.2 Å². The number of allylic oxidation sites excluding steroid dienone is 1. The molecule has 0 aliphatic carbocycles. The van der Waals surface area contributed by atoms with Crippen molar-refractivity contribution in [3.05, 3.63) is 62.5 Å². The highest BCUT2D eigenvalue weighted by Gasteiger charge is 2.31. The minimum absolute atomic E-state index is 0.0701. The van der Waals surface area contributed by atoms with E-state index in [0.29, 0.717) is 16.4 Å². The average molecular weight is 460 g/mol. The van der Waals surface area contributed by atoms with Crippen LogP contribution in [0.25, 0.3) is 0 Å². The molecule has 1 aliphatic heterocycles. The standard InChI is InChI=1S/C20H18BrN3O3S/c1-11-6-13(21)7-12(2)19(11)23-18(26)10-28-20-15(9-22)14(8-17(25)24-20)16-4-3-5-27-16/h3-7,14H,8,10H2,1-2H3,(H,23,26)(H,24,25)/t14-/m0/s1. The summed E-state index contributed by atoms with van der Waals surface area (Å²) in [6.45, 7) is 3.85. The second-order valence-corrected chi connectivity index (χ2v) is 8.33. The first kappa shape index (κ1) is 20.2. The third kappa shape index (κ3) is 4.49. The Kier molecular flexibility index (Phi) is 6.27. The molecule has 0 fully saturated rings. The first-order valence-electron chi connectivity index (χ1n) is 8.56. The molecule has 1 aromatic heterocycles. The van der Waals surface area contributed by atoms with Gasteiger partial charge in [0.1, 0.15) is 5.76 Å². The van der Waals surface area contributed by atoms with Gasteiger partial charge in [-0.3, -0.25) is 9.59 Å². The second kappa shape index (κ2) is 8.67. The van der Waals surface area contributed by atoms with Crippen molar-refractivity contribution in [1.82, 2.24) is 5.32 Å². The molecule has 2 heterocycles. The van der Waals surface area contributed by atoms with Crippen molar-refractivity contribution in [2.24, 2.45) is 0 Å². The summed E-state index contributed by atoms with van der Waals surface area (Å²) in [6, 6.07) is 9.49. The van der Waals surface area contributed by atoms with E-state index in [1.165, 1.54) is 6.26 Å². The Morgan fingerprint density at radius 1 is 1.43 bits per heavy atom. The SMILES string of the molecule is Cc1cc(Br)cc(C)c1NC(=O)CSC1=C(C#N)[C@@H](c2ccco2)CC(=O)N1. The van der Waals surface area contributed by atoms with Crippen molar-refractivity contribution in [1.29, 1.82) is 5.26 Å². The fraction of sp³-hybridized carbons (Fsp3) is 0.250. The molecule has 2 amide bonds. The number of aryl methyl sites for hydroxylation is 2. The smallest absolute Gasteiger partial charge is 0.234 e.